The van der Waals surface area contributed by atoms with Crippen molar-refractivity contribution in [2.75, 3.05) is 31.5 Å². The quantitative estimate of drug-likeness (QED) is 0.603. The van der Waals surface area contributed by atoms with Crippen LogP contribution < -0.4 is 25.0 Å². The zero-order chi connectivity index (χ0) is 24.2. The molecule has 0 saturated carbocycles. The molecular formula is C25H23FN4O4. The highest BCUT2D eigenvalue weighted by atomic mass is 19.1. The summed E-state index contributed by atoms with van der Waals surface area (Å²) < 4.78 is 25.2. The molecule has 174 valence electrons. The average Bonchev–Trinajstić information content (AvgIpc) is 2.95. The minimum Gasteiger partial charge on any atom is -0.497 e. The van der Waals surface area contributed by atoms with Crippen LogP contribution >= 0.6 is 0 Å². The van der Waals surface area contributed by atoms with Crippen molar-refractivity contribution >= 4 is 29.0 Å². The predicted molar refractivity (Wildman–Crippen MR) is 127 cm³/mol. The number of nitrogens with one attached hydrogen (secondary N) is 2. The Morgan fingerprint density at radius 2 is 1.71 bits per heavy atom. The van der Waals surface area contributed by atoms with Crippen LogP contribution in [0.4, 0.5) is 20.6 Å². The predicted octanol–water partition coefficient (Wildman–Crippen LogP) is 3.80. The van der Waals surface area contributed by atoms with Gasteiger partial charge in [0.15, 0.2) is 0 Å². The summed E-state index contributed by atoms with van der Waals surface area (Å²) in [5.74, 6) is -0.0520. The molecule has 1 heterocycles. The van der Waals surface area contributed by atoms with Crippen molar-refractivity contribution < 1.29 is 23.5 Å². The molecule has 0 radical (unpaired) electrons. The summed E-state index contributed by atoms with van der Waals surface area (Å²) in [5, 5.41) is 5.24. The second kappa shape index (κ2) is 9.62. The molecule has 2 N–H and O–H groups in total. The number of methoxy groups -OCH3 is 2. The zero-order valence-corrected chi connectivity index (χ0v) is 18.8. The molecule has 0 fully saturated rings. The third-order valence-electron chi connectivity index (χ3n) is 5.39. The zero-order valence-electron chi connectivity index (χ0n) is 18.8. The first-order chi connectivity index (χ1) is 16.4. The van der Waals surface area contributed by atoms with Gasteiger partial charge in [0.25, 0.3) is 5.91 Å². The van der Waals surface area contributed by atoms with E-state index in [0.717, 1.165) is 0 Å². The lowest BCUT2D eigenvalue weighted by atomic mass is 10.00. The van der Waals surface area contributed by atoms with Crippen LogP contribution in [0.15, 0.2) is 71.7 Å². The van der Waals surface area contributed by atoms with Crippen LogP contribution in [0.2, 0.25) is 0 Å². The van der Waals surface area contributed by atoms with E-state index in [1.54, 1.807) is 67.7 Å². The molecule has 9 heteroatoms. The molecule has 1 atom stereocenters. The first-order valence-electron chi connectivity index (χ1n) is 10.4. The Kier molecular flexibility index (Phi) is 6.44. The highest BCUT2D eigenvalue weighted by molar-refractivity contribution is 6.20. The van der Waals surface area contributed by atoms with Gasteiger partial charge in [-0.3, -0.25) is 4.79 Å². The van der Waals surface area contributed by atoms with E-state index in [1.807, 2.05) is 0 Å². The van der Waals surface area contributed by atoms with Gasteiger partial charge in [0.05, 0.1) is 31.3 Å². The maximum atomic E-state index is 14.7. The second-order valence-electron chi connectivity index (χ2n) is 7.44. The minimum atomic E-state index is -1.30. The molecule has 3 amide bonds. The number of carbonyl (C=O) groups excluding carboxylic acids is 2. The summed E-state index contributed by atoms with van der Waals surface area (Å²) in [6.07, 6.45) is -1.30. The monoisotopic (exact) mass is 462 g/mol. The summed E-state index contributed by atoms with van der Waals surface area (Å²) in [5.41, 5.74) is 1.95. The van der Waals surface area contributed by atoms with Gasteiger partial charge in [-0.2, -0.15) is 0 Å². The summed E-state index contributed by atoms with van der Waals surface area (Å²) in [4.78, 5) is 32.0. The maximum absolute atomic E-state index is 14.7. The summed E-state index contributed by atoms with van der Waals surface area (Å²) in [6.45, 7) is 0. The molecule has 4 rings (SSSR count). The van der Waals surface area contributed by atoms with E-state index in [0.29, 0.717) is 28.4 Å². The van der Waals surface area contributed by atoms with Crippen LogP contribution in [0.1, 0.15) is 11.1 Å². The van der Waals surface area contributed by atoms with Gasteiger partial charge >= 0.3 is 6.03 Å². The molecule has 0 spiro atoms. The lowest BCUT2D eigenvalue weighted by molar-refractivity contribution is -0.119. The number of anilines is 2. The topological polar surface area (TPSA) is 92.3 Å². The number of benzene rings is 3. The summed E-state index contributed by atoms with van der Waals surface area (Å²) >= 11 is 0. The van der Waals surface area contributed by atoms with Gasteiger partial charge in [0.2, 0.25) is 6.17 Å². The molecule has 34 heavy (non-hydrogen) atoms. The number of amides is 3. The van der Waals surface area contributed by atoms with E-state index in [2.05, 4.69) is 15.6 Å². The maximum Gasteiger partial charge on any atom is 0.321 e. The smallest absolute Gasteiger partial charge is 0.321 e. The largest absolute Gasteiger partial charge is 0.497 e. The molecule has 0 aromatic heterocycles. The van der Waals surface area contributed by atoms with Crippen LogP contribution in [-0.2, 0) is 4.79 Å². The molecule has 0 aliphatic carbocycles. The number of urea groups is 1. The number of fused-ring (bicyclic) bond motifs is 1. The number of hydrogen-bond donors (Lipinski definition) is 2. The number of nitrogens with zero attached hydrogens (tertiary/aromatic N) is 2. The molecule has 0 bridgehead atoms. The number of para-hydroxylation sites is 1. The van der Waals surface area contributed by atoms with Gasteiger partial charge < -0.3 is 25.0 Å². The minimum absolute atomic E-state index is 0.222. The number of likely N-dealkylation sites (N-methyl/N-ethyl adjacent to an activating group) is 1. The number of aliphatic imine (C=N–C) groups is 1. The fourth-order valence-electron chi connectivity index (χ4n) is 3.68. The Morgan fingerprint density at radius 1 is 1.00 bits per heavy atom. The van der Waals surface area contributed by atoms with Gasteiger partial charge in [-0.05, 0) is 30.3 Å². The van der Waals surface area contributed by atoms with Crippen molar-refractivity contribution in [1.29, 1.82) is 0 Å². The van der Waals surface area contributed by atoms with Crippen LogP contribution in [0.3, 0.4) is 0 Å². The number of hydrogen-bond acceptors (Lipinski definition) is 5. The first kappa shape index (κ1) is 22.8. The molecule has 8 nitrogen and oxygen atoms in total. The normalized spacial score (nSPS) is 15.1. The fraction of sp³-hybridized carbons (Fsp3) is 0.160. The number of carbonyl (C=O) groups is 2. The Balaban J connectivity index is 1.70. The highest BCUT2D eigenvalue weighted by Crippen LogP contribution is 2.30. The van der Waals surface area contributed by atoms with Crippen molar-refractivity contribution in [3.05, 3.63) is 83.7 Å². The highest BCUT2D eigenvalue weighted by Gasteiger charge is 2.31. The van der Waals surface area contributed by atoms with E-state index < -0.39 is 23.9 Å². The van der Waals surface area contributed by atoms with E-state index in [9.17, 15) is 14.0 Å². The standard InChI is InChI=1S/C25H23FN4O4/c1-30-20-11-7-5-9-17(20)22(16-8-4-6-10-18(16)26)28-23(24(30)31)29-25(32)27-19-14-15(33-2)12-13-21(19)34-3/h4-14,23H,1-3H3,(H2,27,29,32). The molecule has 3 aromatic rings. The van der Waals surface area contributed by atoms with Crippen molar-refractivity contribution in [2.45, 2.75) is 6.17 Å². The SMILES string of the molecule is COc1ccc(OC)c(NC(=O)NC2N=C(c3ccccc3F)c3ccccc3N(C)C2=O)c1. The Labute approximate surface area is 196 Å². The van der Waals surface area contributed by atoms with E-state index in [-0.39, 0.29) is 11.3 Å². The van der Waals surface area contributed by atoms with Crippen molar-refractivity contribution in [1.82, 2.24) is 5.32 Å². The molecule has 0 saturated heterocycles. The van der Waals surface area contributed by atoms with Crippen molar-refractivity contribution in [3.8, 4) is 11.5 Å². The Hall–Kier alpha value is -4.40. The van der Waals surface area contributed by atoms with Crippen molar-refractivity contribution in [2.24, 2.45) is 4.99 Å². The third-order valence-corrected chi connectivity index (χ3v) is 5.39. The average molecular weight is 462 g/mol. The van der Waals surface area contributed by atoms with Crippen LogP contribution in [0, 0.1) is 5.82 Å². The van der Waals surface area contributed by atoms with E-state index in [4.69, 9.17) is 9.47 Å². The van der Waals surface area contributed by atoms with Crippen LogP contribution in [0.25, 0.3) is 0 Å². The second-order valence-corrected chi connectivity index (χ2v) is 7.44. The van der Waals surface area contributed by atoms with Crippen LogP contribution in [-0.4, -0.2) is 45.1 Å². The fourth-order valence-corrected chi connectivity index (χ4v) is 3.68. The van der Waals surface area contributed by atoms with Crippen molar-refractivity contribution in [3.63, 3.8) is 0 Å². The molecule has 3 aromatic carbocycles. The molecular weight excluding hydrogens is 439 g/mol. The van der Waals surface area contributed by atoms with Gasteiger partial charge in [0, 0.05) is 24.2 Å². The number of rotatable bonds is 5. The Bertz CT molecular complexity index is 1280. The number of ether oxygens (including phenoxy) is 2. The number of halogens is 1. The molecule has 1 aliphatic rings. The first-order valence-corrected chi connectivity index (χ1v) is 10.4. The Morgan fingerprint density at radius 3 is 2.41 bits per heavy atom. The van der Waals surface area contributed by atoms with Crippen LogP contribution in [0.5, 0.6) is 11.5 Å². The van der Waals surface area contributed by atoms with E-state index >= 15 is 0 Å². The van der Waals surface area contributed by atoms with Gasteiger partial charge in [-0.1, -0.05) is 30.3 Å². The summed E-state index contributed by atoms with van der Waals surface area (Å²) in [6, 6.07) is 17.4. The molecule has 1 unspecified atom stereocenters. The lowest BCUT2D eigenvalue weighted by Gasteiger charge is -2.21. The van der Waals surface area contributed by atoms with E-state index in [1.165, 1.54) is 25.2 Å². The van der Waals surface area contributed by atoms with Gasteiger partial charge in [0.1, 0.15) is 17.3 Å². The third kappa shape index (κ3) is 4.40. The summed E-state index contributed by atoms with van der Waals surface area (Å²) in [7, 11) is 4.55. The van der Waals surface area contributed by atoms with Gasteiger partial charge in [-0.25, -0.2) is 14.2 Å². The van der Waals surface area contributed by atoms with Gasteiger partial charge in [-0.15, -0.1) is 0 Å². The lowest BCUT2D eigenvalue weighted by Crippen LogP contribution is -2.47. The number of benzodiazepines with no additional fused rings is 1. The molecule has 1 aliphatic heterocycles.